The number of nitrogens with zero attached hydrogens (tertiary/aromatic N) is 1. The van der Waals surface area contributed by atoms with Gasteiger partial charge in [-0.25, -0.2) is 9.78 Å². The fraction of sp³-hybridized carbons (Fsp3) is 0.375. The number of fused-ring (bicyclic) bond motifs is 1. The molecule has 5 heteroatoms. The molecule has 0 radical (unpaired) electrons. The van der Waals surface area contributed by atoms with E-state index in [9.17, 15) is 4.79 Å². The van der Waals surface area contributed by atoms with Gasteiger partial charge in [-0.15, -0.1) is 0 Å². The van der Waals surface area contributed by atoms with Crippen LogP contribution in [0, 0.1) is 0 Å². The van der Waals surface area contributed by atoms with E-state index in [2.05, 4.69) is 17.2 Å². The standard InChI is InChI=1S/C16H20N2O3/c1-2-10-21-11-4-9-17-15-8-7-12-13(16(19)20)5-3-6-14(12)18-15/h3,5-8H,2,4,9-11H2,1H3,(H,17,18)(H,19,20). The summed E-state index contributed by atoms with van der Waals surface area (Å²) >= 11 is 0. The summed E-state index contributed by atoms with van der Waals surface area (Å²) in [6, 6.07) is 8.71. The maximum Gasteiger partial charge on any atom is 0.336 e. The molecule has 112 valence electrons. The van der Waals surface area contributed by atoms with E-state index < -0.39 is 5.97 Å². The van der Waals surface area contributed by atoms with Gasteiger partial charge in [-0.2, -0.15) is 0 Å². The number of aromatic nitrogens is 1. The van der Waals surface area contributed by atoms with Crippen LogP contribution in [-0.4, -0.2) is 35.8 Å². The number of benzene rings is 1. The van der Waals surface area contributed by atoms with Crippen LogP contribution in [0.25, 0.3) is 10.9 Å². The second-order valence-electron chi connectivity index (χ2n) is 4.77. The fourth-order valence-electron chi connectivity index (χ4n) is 2.08. The maximum absolute atomic E-state index is 11.1. The quantitative estimate of drug-likeness (QED) is 0.730. The lowest BCUT2D eigenvalue weighted by Crippen LogP contribution is -2.07. The van der Waals surface area contributed by atoms with Crippen molar-refractivity contribution in [1.82, 2.24) is 4.98 Å². The van der Waals surface area contributed by atoms with E-state index in [1.807, 2.05) is 12.1 Å². The van der Waals surface area contributed by atoms with Crippen molar-refractivity contribution in [1.29, 1.82) is 0 Å². The zero-order valence-corrected chi connectivity index (χ0v) is 12.1. The van der Waals surface area contributed by atoms with Crippen molar-refractivity contribution in [2.45, 2.75) is 19.8 Å². The van der Waals surface area contributed by atoms with Crippen molar-refractivity contribution in [3.05, 3.63) is 35.9 Å². The first kappa shape index (κ1) is 15.3. The van der Waals surface area contributed by atoms with Gasteiger partial charge in [0.25, 0.3) is 0 Å². The molecule has 0 unspecified atom stereocenters. The summed E-state index contributed by atoms with van der Waals surface area (Å²) in [6.45, 7) is 4.40. The molecule has 0 aliphatic heterocycles. The molecule has 0 amide bonds. The fourth-order valence-corrected chi connectivity index (χ4v) is 2.08. The highest BCUT2D eigenvalue weighted by Crippen LogP contribution is 2.19. The Morgan fingerprint density at radius 3 is 2.90 bits per heavy atom. The SMILES string of the molecule is CCCOCCCNc1ccc2c(C(=O)O)cccc2n1. The lowest BCUT2D eigenvalue weighted by molar-refractivity contribution is 0.0699. The normalized spacial score (nSPS) is 10.7. The molecule has 21 heavy (non-hydrogen) atoms. The van der Waals surface area contributed by atoms with Crippen LogP contribution in [0.2, 0.25) is 0 Å². The average Bonchev–Trinajstić information content (AvgIpc) is 2.49. The van der Waals surface area contributed by atoms with E-state index >= 15 is 0 Å². The van der Waals surface area contributed by atoms with Gasteiger partial charge in [0.2, 0.25) is 0 Å². The van der Waals surface area contributed by atoms with Gasteiger partial charge < -0.3 is 15.2 Å². The minimum atomic E-state index is -0.934. The van der Waals surface area contributed by atoms with Gasteiger partial charge in [0.15, 0.2) is 0 Å². The number of ether oxygens (including phenoxy) is 1. The lowest BCUT2D eigenvalue weighted by atomic mass is 10.1. The minimum absolute atomic E-state index is 0.277. The number of nitrogens with one attached hydrogen (secondary N) is 1. The summed E-state index contributed by atoms with van der Waals surface area (Å²) in [7, 11) is 0. The van der Waals surface area contributed by atoms with Crippen molar-refractivity contribution in [3.8, 4) is 0 Å². The number of pyridine rings is 1. The van der Waals surface area contributed by atoms with Crippen molar-refractivity contribution < 1.29 is 14.6 Å². The number of anilines is 1. The summed E-state index contributed by atoms with van der Waals surface area (Å²) in [5.41, 5.74) is 0.960. The molecule has 0 saturated heterocycles. The Bertz CT molecular complexity index is 613. The molecule has 0 spiro atoms. The highest BCUT2D eigenvalue weighted by atomic mass is 16.5. The lowest BCUT2D eigenvalue weighted by Gasteiger charge is -2.08. The van der Waals surface area contributed by atoms with E-state index in [1.165, 1.54) is 0 Å². The Labute approximate surface area is 124 Å². The second kappa shape index (κ2) is 7.59. The smallest absolute Gasteiger partial charge is 0.336 e. The van der Waals surface area contributed by atoms with Crippen LogP contribution in [0.1, 0.15) is 30.1 Å². The van der Waals surface area contributed by atoms with Crippen LogP contribution in [0.15, 0.2) is 30.3 Å². The zero-order valence-electron chi connectivity index (χ0n) is 12.1. The minimum Gasteiger partial charge on any atom is -0.478 e. The summed E-state index contributed by atoms with van der Waals surface area (Å²) in [5.74, 6) is -0.184. The number of carbonyl (C=O) groups is 1. The topological polar surface area (TPSA) is 71.5 Å². The molecule has 0 atom stereocenters. The Hall–Kier alpha value is -2.14. The van der Waals surface area contributed by atoms with E-state index in [4.69, 9.17) is 9.84 Å². The molecular weight excluding hydrogens is 268 g/mol. The third kappa shape index (κ3) is 4.16. The van der Waals surface area contributed by atoms with E-state index in [-0.39, 0.29) is 5.56 Å². The molecule has 1 heterocycles. The Balaban J connectivity index is 1.98. The maximum atomic E-state index is 11.1. The van der Waals surface area contributed by atoms with Crippen LogP contribution >= 0.6 is 0 Å². The van der Waals surface area contributed by atoms with E-state index in [0.29, 0.717) is 10.9 Å². The van der Waals surface area contributed by atoms with Gasteiger partial charge in [-0.3, -0.25) is 0 Å². The molecule has 2 rings (SSSR count). The Kier molecular flexibility index (Phi) is 5.51. The first-order chi connectivity index (χ1) is 10.2. The van der Waals surface area contributed by atoms with Crippen molar-refractivity contribution in [2.24, 2.45) is 0 Å². The average molecular weight is 288 g/mol. The molecule has 0 aliphatic rings. The number of rotatable bonds is 8. The van der Waals surface area contributed by atoms with Gasteiger partial charge in [0.05, 0.1) is 11.1 Å². The Morgan fingerprint density at radius 2 is 2.14 bits per heavy atom. The van der Waals surface area contributed by atoms with Crippen LogP contribution in [0.4, 0.5) is 5.82 Å². The molecule has 0 bridgehead atoms. The van der Waals surface area contributed by atoms with E-state index in [1.54, 1.807) is 18.2 Å². The van der Waals surface area contributed by atoms with Crippen LogP contribution in [0.5, 0.6) is 0 Å². The number of hydrogen-bond acceptors (Lipinski definition) is 4. The molecule has 0 fully saturated rings. The molecule has 2 N–H and O–H groups in total. The number of aromatic carboxylic acids is 1. The summed E-state index contributed by atoms with van der Waals surface area (Å²) in [5, 5.41) is 13.0. The molecular formula is C16H20N2O3. The highest BCUT2D eigenvalue weighted by Gasteiger charge is 2.08. The summed E-state index contributed by atoms with van der Waals surface area (Å²) in [6.07, 6.45) is 1.94. The van der Waals surface area contributed by atoms with E-state index in [0.717, 1.165) is 38.4 Å². The van der Waals surface area contributed by atoms with Gasteiger partial charge in [-0.05, 0) is 37.1 Å². The van der Waals surface area contributed by atoms with Crippen LogP contribution in [0.3, 0.4) is 0 Å². The highest BCUT2D eigenvalue weighted by molar-refractivity contribution is 6.02. The van der Waals surface area contributed by atoms with Gasteiger partial charge in [0.1, 0.15) is 5.82 Å². The Morgan fingerprint density at radius 1 is 1.29 bits per heavy atom. The molecule has 1 aromatic heterocycles. The number of carboxylic acid groups (broad SMARTS) is 1. The van der Waals surface area contributed by atoms with Gasteiger partial charge in [-0.1, -0.05) is 13.0 Å². The van der Waals surface area contributed by atoms with Crippen LogP contribution in [-0.2, 0) is 4.74 Å². The first-order valence-electron chi connectivity index (χ1n) is 7.17. The van der Waals surface area contributed by atoms with Crippen molar-refractivity contribution in [3.63, 3.8) is 0 Å². The molecule has 2 aromatic rings. The number of hydrogen-bond donors (Lipinski definition) is 2. The molecule has 1 aromatic carbocycles. The third-order valence-electron chi connectivity index (χ3n) is 3.08. The first-order valence-corrected chi connectivity index (χ1v) is 7.17. The number of carboxylic acids is 1. The van der Waals surface area contributed by atoms with Gasteiger partial charge in [0, 0.05) is 25.1 Å². The largest absolute Gasteiger partial charge is 0.478 e. The monoisotopic (exact) mass is 288 g/mol. The second-order valence-corrected chi connectivity index (χ2v) is 4.77. The predicted octanol–water partition coefficient (Wildman–Crippen LogP) is 3.16. The van der Waals surface area contributed by atoms with Gasteiger partial charge >= 0.3 is 5.97 Å². The zero-order chi connectivity index (χ0) is 15.1. The van der Waals surface area contributed by atoms with Crippen molar-refractivity contribution in [2.75, 3.05) is 25.1 Å². The predicted molar refractivity (Wildman–Crippen MR) is 82.9 cm³/mol. The summed E-state index contributed by atoms with van der Waals surface area (Å²) in [4.78, 5) is 15.6. The molecule has 5 nitrogen and oxygen atoms in total. The van der Waals surface area contributed by atoms with Crippen LogP contribution < -0.4 is 5.32 Å². The molecule has 0 aliphatic carbocycles. The molecule has 0 saturated carbocycles. The third-order valence-corrected chi connectivity index (χ3v) is 3.08. The summed E-state index contributed by atoms with van der Waals surface area (Å²) < 4.78 is 5.41. The van der Waals surface area contributed by atoms with Crippen molar-refractivity contribution >= 4 is 22.7 Å².